The van der Waals surface area contributed by atoms with Gasteiger partial charge in [-0.3, -0.25) is 4.79 Å². The highest BCUT2D eigenvalue weighted by atomic mass is 35.5. The zero-order valence-electron chi connectivity index (χ0n) is 18.3. The van der Waals surface area contributed by atoms with Crippen LogP contribution in [0.1, 0.15) is 23.7 Å². The first-order valence-electron chi connectivity index (χ1n) is 9.94. The van der Waals surface area contributed by atoms with Gasteiger partial charge in [-0.1, -0.05) is 0 Å². The number of hydrogen-bond donors (Lipinski definition) is 4. The predicted octanol–water partition coefficient (Wildman–Crippen LogP) is 2.43. The molecule has 10 heteroatoms. The topological polar surface area (TPSA) is 119 Å². The maximum atomic E-state index is 11.5. The molecule has 0 saturated carbocycles. The first-order valence-corrected chi connectivity index (χ1v) is 9.94. The minimum absolute atomic E-state index is 0. The van der Waals surface area contributed by atoms with Gasteiger partial charge in [0.15, 0.2) is 23.9 Å². The van der Waals surface area contributed by atoms with Gasteiger partial charge >= 0.3 is 0 Å². The van der Waals surface area contributed by atoms with Crippen molar-refractivity contribution in [2.24, 2.45) is 0 Å². The van der Waals surface area contributed by atoms with Crippen LogP contribution in [0, 0.1) is 0 Å². The molecule has 2 aromatic rings. The van der Waals surface area contributed by atoms with Crippen LogP contribution < -0.4 is 29.6 Å². The van der Waals surface area contributed by atoms with Gasteiger partial charge in [0, 0.05) is 12.1 Å². The van der Waals surface area contributed by atoms with Crippen LogP contribution in [0.2, 0.25) is 0 Å². The lowest BCUT2D eigenvalue weighted by Crippen LogP contribution is -2.28. The molecule has 0 fully saturated rings. The number of aliphatic hydroxyl groups excluding tert-OH is 1. The predicted molar refractivity (Wildman–Crippen MR) is 122 cm³/mol. The van der Waals surface area contributed by atoms with E-state index in [0.717, 1.165) is 18.4 Å². The fourth-order valence-electron chi connectivity index (χ4n) is 3.49. The Morgan fingerprint density at radius 3 is 2.47 bits per heavy atom. The van der Waals surface area contributed by atoms with E-state index in [9.17, 15) is 15.0 Å². The Bertz CT molecular complexity index is 914. The molecule has 1 aliphatic rings. The van der Waals surface area contributed by atoms with Crippen molar-refractivity contribution in [1.82, 2.24) is 5.32 Å². The van der Waals surface area contributed by atoms with Gasteiger partial charge in [0.2, 0.25) is 5.75 Å². The Hall–Kier alpha value is -2.88. The van der Waals surface area contributed by atoms with E-state index in [2.05, 4.69) is 10.6 Å². The maximum absolute atomic E-state index is 11.5. The van der Waals surface area contributed by atoms with Gasteiger partial charge < -0.3 is 39.8 Å². The largest absolute Gasteiger partial charge is 0.506 e. The third-order valence-corrected chi connectivity index (χ3v) is 5.02. The Morgan fingerprint density at radius 1 is 1.16 bits per heavy atom. The third kappa shape index (κ3) is 5.67. The van der Waals surface area contributed by atoms with Crippen LogP contribution in [-0.2, 0) is 11.2 Å². The summed E-state index contributed by atoms with van der Waals surface area (Å²) in [5.74, 6) is 1.64. The fraction of sp³-hybridized carbons (Fsp3) is 0.409. The summed E-state index contributed by atoms with van der Waals surface area (Å²) < 4.78 is 21.5. The van der Waals surface area contributed by atoms with Crippen molar-refractivity contribution in [3.05, 3.63) is 35.4 Å². The normalized spacial score (nSPS) is 13.2. The lowest BCUT2D eigenvalue weighted by molar-refractivity contribution is -0.118. The number of nitrogens with one attached hydrogen (secondary N) is 2. The number of phenols is 1. The number of amides is 1. The Labute approximate surface area is 193 Å². The molecular weight excluding hydrogens is 440 g/mol. The van der Waals surface area contributed by atoms with Gasteiger partial charge in [0.25, 0.3) is 5.91 Å². The fourth-order valence-corrected chi connectivity index (χ4v) is 3.49. The summed E-state index contributed by atoms with van der Waals surface area (Å²) in [6.45, 7) is 0.813. The molecule has 2 aromatic carbocycles. The molecule has 0 radical (unpaired) electrons. The second-order valence-corrected chi connectivity index (χ2v) is 7.07. The van der Waals surface area contributed by atoms with Crippen LogP contribution in [0.4, 0.5) is 5.69 Å². The van der Waals surface area contributed by atoms with Crippen molar-refractivity contribution in [2.45, 2.75) is 18.9 Å². The number of halogens is 1. The van der Waals surface area contributed by atoms with E-state index in [-0.39, 0.29) is 36.4 Å². The Kier molecular flexibility index (Phi) is 9.25. The number of aryl methyl sites for hydroxylation is 1. The van der Waals surface area contributed by atoms with Gasteiger partial charge in [0.1, 0.15) is 11.4 Å². The van der Waals surface area contributed by atoms with E-state index in [1.807, 2.05) is 12.1 Å². The Balaban J connectivity index is 0.00000363. The standard InChI is InChI=1S/C22H28N2O7.ClH/c1-28-17-9-13(10-18(29-2)22(17)30-3)5-4-8-23-11-16(26)14-6-7-15(25)20-21(14)31-12-19(27)24-20;/h6-7,9-10,16,23,25-26H,4-5,8,11-12H2,1-3H3,(H,24,27);1H. The van der Waals surface area contributed by atoms with Crippen LogP contribution in [0.25, 0.3) is 0 Å². The molecule has 0 aliphatic carbocycles. The number of hydrogen-bond acceptors (Lipinski definition) is 8. The van der Waals surface area contributed by atoms with Gasteiger partial charge in [-0.25, -0.2) is 0 Å². The number of aliphatic hydroxyl groups is 1. The number of ether oxygens (including phenoxy) is 4. The molecule has 0 saturated heterocycles. The van der Waals surface area contributed by atoms with Crippen molar-refractivity contribution in [2.75, 3.05) is 46.3 Å². The lowest BCUT2D eigenvalue weighted by Gasteiger charge is -2.24. The van der Waals surface area contributed by atoms with Gasteiger partial charge in [-0.15, -0.1) is 12.4 Å². The molecule has 176 valence electrons. The molecular formula is C22H29ClN2O7. The number of phenolic OH excluding ortho intramolecular Hbond substituents is 1. The second kappa shape index (κ2) is 11.7. The maximum Gasteiger partial charge on any atom is 0.262 e. The molecule has 1 unspecified atom stereocenters. The summed E-state index contributed by atoms with van der Waals surface area (Å²) >= 11 is 0. The van der Waals surface area contributed by atoms with Crippen molar-refractivity contribution in [3.8, 4) is 28.7 Å². The average molecular weight is 469 g/mol. The van der Waals surface area contributed by atoms with E-state index in [1.165, 1.54) is 6.07 Å². The van der Waals surface area contributed by atoms with E-state index >= 15 is 0 Å². The van der Waals surface area contributed by atoms with E-state index in [1.54, 1.807) is 27.4 Å². The summed E-state index contributed by atoms with van der Waals surface area (Å²) in [5.41, 5.74) is 1.74. The molecule has 1 amide bonds. The first-order chi connectivity index (χ1) is 15.0. The lowest BCUT2D eigenvalue weighted by atomic mass is 10.0. The highest BCUT2D eigenvalue weighted by Gasteiger charge is 2.25. The van der Waals surface area contributed by atoms with Crippen molar-refractivity contribution in [1.29, 1.82) is 0 Å². The number of carbonyl (C=O) groups excluding carboxylic acids is 1. The molecule has 9 nitrogen and oxygen atoms in total. The van der Waals surface area contributed by atoms with Crippen LogP contribution in [0.3, 0.4) is 0 Å². The molecule has 0 bridgehead atoms. The summed E-state index contributed by atoms with van der Waals surface area (Å²) in [5, 5.41) is 26.3. The number of anilines is 1. The number of aromatic hydroxyl groups is 1. The molecule has 1 heterocycles. The highest BCUT2D eigenvalue weighted by molar-refractivity contribution is 5.97. The summed E-state index contributed by atoms with van der Waals surface area (Å²) in [4.78, 5) is 11.5. The third-order valence-electron chi connectivity index (χ3n) is 5.02. The summed E-state index contributed by atoms with van der Waals surface area (Å²) in [7, 11) is 4.74. The minimum Gasteiger partial charge on any atom is -0.506 e. The summed E-state index contributed by atoms with van der Waals surface area (Å²) in [6, 6.07) is 6.86. The number of fused-ring (bicyclic) bond motifs is 1. The van der Waals surface area contributed by atoms with E-state index in [4.69, 9.17) is 18.9 Å². The molecule has 1 atom stereocenters. The average Bonchev–Trinajstić information content (AvgIpc) is 2.78. The molecule has 3 rings (SSSR count). The van der Waals surface area contributed by atoms with Crippen LogP contribution in [-0.4, -0.2) is 57.1 Å². The molecule has 1 aliphatic heterocycles. The number of rotatable bonds is 10. The zero-order chi connectivity index (χ0) is 22.4. The monoisotopic (exact) mass is 468 g/mol. The zero-order valence-corrected chi connectivity index (χ0v) is 19.1. The van der Waals surface area contributed by atoms with Gasteiger partial charge in [0.05, 0.1) is 27.4 Å². The van der Waals surface area contributed by atoms with Crippen LogP contribution in [0.5, 0.6) is 28.7 Å². The van der Waals surface area contributed by atoms with Crippen molar-refractivity contribution < 1.29 is 34.0 Å². The van der Waals surface area contributed by atoms with E-state index < -0.39 is 6.10 Å². The van der Waals surface area contributed by atoms with Crippen LogP contribution in [0.15, 0.2) is 24.3 Å². The molecule has 0 aromatic heterocycles. The minimum atomic E-state index is -0.856. The van der Waals surface area contributed by atoms with Crippen LogP contribution >= 0.6 is 12.4 Å². The summed E-state index contributed by atoms with van der Waals surface area (Å²) in [6.07, 6.45) is 0.750. The molecule has 0 spiro atoms. The second-order valence-electron chi connectivity index (χ2n) is 7.07. The number of methoxy groups -OCH3 is 3. The quantitative estimate of drug-likeness (QED) is 0.310. The van der Waals surface area contributed by atoms with E-state index in [0.29, 0.717) is 41.7 Å². The van der Waals surface area contributed by atoms with Crippen molar-refractivity contribution in [3.63, 3.8) is 0 Å². The smallest absolute Gasteiger partial charge is 0.262 e. The molecule has 4 N–H and O–H groups in total. The Morgan fingerprint density at radius 2 is 1.84 bits per heavy atom. The number of benzene rings is 2. The van der Waals surface area contributed by atoms with Gasteiger partial charge in [-0.05, 0) is 49.2 Å². The van der Waals surface area contributed by atoms with Crippen molar-refractivity contribution >= 4 is 24.0 Å². The SMILES string of the molecule is COc1cc(CCCNCC(O)c2ccc(O)c3c2OCC(=O)N3)cc(OC)c1OC.Cl. The van der Waals surface area contributed by atoms with Gasteiger partial charge in [-0.2, -0.15) is 0 Å². The molecule has 32 heavy (non-hydrogen) atoms. The highest BCUT2D eigenvalue weighted by Crippen LogP contribution is 2.41. The number of carbonyl (C=O) groups is 1. The first kappa shape index (κ1) is 25.4.